The molecule has 0 spiro atoms. The molecular weight excluding hydrogens is 307 g/mol. The Morgan fingerprint density at radius 3 is 2.50 bits per heavy atom. The highest BCUT2D eigenvalue weighted by atomic mass is 19.1. The van der Waals surface area contributed by atoms with Crippen molar-refractivity contribution in [1.29, 1.82) is 0 Å². The number of nitrogens with one attached hydrogen (secondary N) is 1. The zero-order valence-corrected chi connectivity index (χ0v) is 14.2. The van der Waals surface area contributed by atoms with E-state index in [-0.39, 0.29) is 18.3 Å². The maximum atomic E-state index is 13.0. The van der Waals surface area contributed by atoms with Crippen LogP contribution < -0.4 is 5.32 Å². The van der Waals surface area contributed by atoms with Gasteiger partial charge in [-0.15, -0.1) is 0 Å². The van der Waals surface area contributed by atoms with Gasteiger partial charge in [0.2, 0.25) is 0 Å². The van der Waals surface area contributed by atoms with Crippen LogP contribution in [-0.4, -0.2) is 36.6 Å². The zero-order valence-electron chi connectivity index (χ0n) is 14.2. The van der Waals surface area contributed by atoms with Gasteiger partial charge in [0, 0.05) is 12.1 Å². The van der Waals surface area contributed by atoms with Crippen LogP contribution in [0, 0.1) is 5.82 Å². The summed E-state index contributed by atoms with van der Waals surface area (Å²) in [6.07, 6.45) is 0. The molecule has 1 amide bonds. The lowest BCUT2D eigenvalue weighted by Gasteiger charge is -2.24. The molecule has 4 nitrogen and oxygen atoms in total. The molecule has 1 unspecified atom stereocenters. The molecule has 2 aromatic carbocycles. The third kappa shape index (κ3) is 4.88. The molecule has 0 heterocycles. The van der Waals surface area contributed by atoms with Gasteiger partial charge in [0.15, 0.2) is 0 Å². The molecule has 0 aromatic heterocycles. The molecule has 0 saturated carbocycles. The van der Waals surface area contributed by atoms with Crippen molar-refractivity contribution in [3.8, 4) is 0 Å². The van der Waals surface area contributed by atoms with E-state index in [9.17, 15) is 14.3 Å². The number of hydrogen-bond acceptors (Lipinski definition) is 3. The second-order valence-corrected chi connectivity index (χ2v) is 6.40. The minimum Gasteiger partial charge on any atom is -0.384 e. The molecule has 128 valence electrons. The topological polar surface area (TPSA) is 52.6 Å². The second kappa shape index (κ2) is 7.55. The van der Waals surface area contributed by atoms with E-state index < -0.39 is 5.60 Å². The monoisotopic (exact) mass is 330 g/mol. The molecule has 5 heteroatoms. The highest BCUT2D eigenvalue weighted by Gasteiger charge is 2.24. The largest absolute Gasteiger partial charge is 0.384 e. The Bertz CT molecular complexity index is 697. The van der Waals surface area contributed by atoms with Crippen LogP contribution in [-0.2, 0) is 12.1 Å². The Kier molecular flexibility index (Phi) is 5.70. The standard InChI is InChI=1S/C19H23FN2O2/c1-19(24,16-7-9-17(20)10-8-16)13-21-18(23)15-6-4-5-14(11-15)12-22(2)3/h4-11,24H,12-13H2,1-3H3,(H,21,23). The number of nitrogens with zero attached hydrogens (tertiary/aromatic N) is 1. The number of aliphatic hydroxyl groups is 1. The number of amides is 1. The molecule has 2 rings (SSSR count). The molecule has 2 N–H and O–H groups in total. The molecule has 0 saturated heterocycles. The predicted molar refractivity (Wildman–Crippen MR) is 92.1 cm³/mol. The van der Waals surface area contributed by atoms with Crippen LogP contribution in [0.25, 0.3) is 0 Å². The number of carbonyl (C=O) groups excluding carboxylic acids is 1. The fourth-order valence-electron chi connectivity index (χ4n) is 2.44. The van der Waals surface area contributed by atoms with E-state index in [1.54, 1.807) is 13.0 Å². The average molecular weight is 330 g/mol. The Balaban J connectivity index is 2.03. The second-order valence-electron chi connectivity index (χ2n) is 6.40. The summed E-state index contributed by atoms with van der Waals surface area (Å²) in [5.74, 6) is -0.616. The minimum atomic E-state index is -1.27. The summed E-state index contributed by atoms with van der Waals surface area (Å²) < 4.78 is 13.0. The number of rotatable bonds is 6. The average Bonchev–Trinajstić information content (AvgIpc) is 2.53. The lowest BCUT2D eigenvalue weighted by molar-refractivity contribution is 0.0526. The van der Waals surface area contributed by atoms with Crippen molar-refractivity contribution in [3.63, 3.8) is 0 Å². The van der Waals surface area contributed by atoms with Crippen LogP contribution >= 0.6 is 0 Å². The fourth-order valence-corrected chi connectivity index (χ4v) is 2.44. The summed E-state index contributed by atoms with van der Waals surface area (Å²) >= 11 is 0. The first-order valence-electron chi connectivity index (χ1n) is 7.78. The van der Waals surface area contributed by atoms with Crippen molar-refractivity contribution >= 4 is 5.91 Å². The molecule has 2 aromatic rings. The van der Waals surface area contributed by atoms with Gasteiger partial charge in [0.05, 0.1) is 6.54 Å². The maximum absolute atomic E-state index is 13.0. The molecule has 24 heavy (non-hydrogen) atoms. The molecule has 0 bridgehead atoms. The van der Waals surface area contributed by atoms with Gasteiger partial charge in [-0.05, 0) is 56.4 Å². The number of carbonyl (C=O) groups is 1. The van der Waals surface area contributed by atoms with Gasteiger partial charge in [-0.3, -0.25) is 4.79 Å². The molecule has 0 radical (unpaired) electrons. The van der Waals surface area contributed by atoms with Gasteiger partial charge in [-0.2, -0.15) is 0 Å². The highest BCUT2D eigenvalue weighted by molar-refractivity contribution is 5.94. The Morgan fingerprint density at radius 1 is 1.21 bits per heavy atom. The highest BCUT2D eigenvalue weighted by Crippen LogP contribution is 2.20. The zero-order chi connectivity index (χ0) is 17.7. The van der Waals surface area contributed by atoms with Gasteiger partial charge < -0.3 is 15.3 Å². The minimum absolute atomic E-state index is 0.0371. The summed E-state index contributed by atoms with van der Waals surface area (Å²) in [4.78, 5) is 14.3. The lowest BCUT2D eigenvalue weighted by Crippen LogP contribution is -2.38. The van der Waals surface area contributed by atoms with E-state index in [2.05, 4.69) is 5.32 Å². The summed E-state index contributed by atoms with van der Waals surface area (Å²) in [7, 11) is 3.93. The number of benzene rings is 2. The normalized spacial score (nSPS) is 13.6. The molecule has 0 aliphatic carbocycles. The van der Waals surface area contributed by atoms with E-state index in [1.807, 2.05) is 37.2 Å². The Morgan fingerprint density at radius 2 is 1.88 bits per heavy atom. The smallest absolute Gasteiger partial charge is 0.251 e. The molecule has 0 fully saturated rings. The van der Waals surface area contributed by atoms with Crippen molar-refractivity contribution in [3.05, 3.63) is 71.0 Å². The molecule has 1 atom stereocenters. The first-order chi connectivity index (χ1) is 11.3. The van der Waals surface area contributed by atoms with Crippen molar-refractivity contribution in [2.45, 2.75) is 19.1 Å². The van der Waals surface area contributed by atoms with Crippen molar-refractivity contribution in [2.75, 3.05) is 20.6 Å². The third-order valence-corrected chi connectivity index (χ3v) is 3.75. The van der Waals surface area contributed by atoms with Crippen molar-refractivity contribution < 1.29 is 14.3 Å². The van der Waals surface area contributed by atoms with Gasteiger partial charge in [0.25, 0.3) is 5.91 Å². The summed E-state index contributed by atoms with van der Waals surface area (Å²) in [6, 6.07) is 13.0. The molecule has 0 aliphatic rings. The quantitative estimate of drug-likeness (QED) is 0.856. The summed E-state index contributed by atoms with van der Waals surface area (Å²) in [5.41, 5.74) is 0.859. The number of halogens is 1. The summed E-state index contributed by atoms with van der Waals surface area (Å²) in [6.45, 7) is 2.37. The SMILES string of the molecule is CN(C)Cc1cccc(C(=O)NCC(C)(O)c2ccc(F)cc2)c1. The van der Waals surface area contributed by atoms with E-state index in [1.165, 1.54) is 24.3 Å². The lowest BCUT2D eigenvalue weighted by atomic mass is 9.96. The van der Waals surface area contributed by atoms with Crippen LogP contribution in [0.4, 0.5) is 4.39 Å². The van der Waals surface area contributed by atoms with Crippen LogP contribution in [0.5, 0.6) is 0 Å². The predicted octanol–water partition coefficient (Wildman–Crippen LogP) is 2.52. The van der Waals surface area contributed by atoms with Crippen molar-refractivity contribution in [2.24, 2.45) is 0 Å². The van der Waals surface area contributed by atoms with E-state index in [4.69, 9.17) is 0 Å². The van der Waals surface area contributed by atoms with Crippen LogP contribution in [0.15, 0.2) is 48.5 Å². The van der Waals surface area contributed by atoms with E-state index >= 15 is 0 Å². The van der Waals surface area contributed by atoms with E-state index in [0.29, 0.717) is 11.1 Å². The van der Waals surface area contributed by atoms with Crippen LogP contribution in [0.2, 0.25) is 0 Å². The van der Waals surface area contributed by atoms with Gasteiger partial charge >= 0.3 is 0 Å². The van der Waals surface area contributed by atoms with Gasteiger partial charge in [-0.25, -0.2) is 4.39 Å². The van der Waals surface area contributed by atoms with Crippen molar-refractivity contribution in [1.82, 2.24) is 10.2 Å². The summed E-state index contributed by atoms with van der Waals surface area (Å²) in [5, 5.41) is 13.2. The number of hydrogen-bond donors (Lipinski definition) is 2. The first kappa shape index (κ1) is 18.1. The van der Waals surface area contributed by atoms with E-state index in [0.717, 1.165) is 12.1 Å². The van der Waals surface area contributed by atoms with Gasteiger partial charge in [0.1, 0.15) is 11.4 Å². The first-order valence-corrected chi connectivity index (χ1v) is 7.78. The molecule has 0 aliphatic heterocycles. The van der Waals surface area contributed by atoms with Crippen LogP contribution in [0.1, 0.15) is 28.4 Å². The molecular formula is C19H23FN2O2. The maximum Gasteiger partial charge on any atom is 0.251 e. The Labute approximate surface area is 141 Å². The van der Waals surface area contributed by atoms with Crippen LogP contribution in [0.3, 0.4) is 0 Å². The fraction of sp³-hybridized carbons (Fsp3) is 0.316. The van der Waals surface area contributed by atoms with Gasteiger partial charge in [-0.1, -0.05) is 24.3 Å². The Hall–Kier alpha value is -2.24. The third-order valence-electron chi connectivity index (χ3n) is 3.75.